The van der Waals surface area contributed by atoms with Gasteiger partial charge in [-0.3, -0.25) is 4.79 Å². The van der Waals surface area contributed by atoms with E-state index in [0.29, 0.717) is 29.2 Å². The van der Waals surface area contributed by atoms with Crippen LogP contribution in [0.2, 0.25) is 0 Å². The molecule has 0 saturated heterocycles. The molecule has 0 heterocycles. The van der Waals surface area contributed by atoms with Crippen molar-refractivity contribution in [3.8, 4) is 11.5 Å². The van der Waals surface area contributed by atoms with Gasteiger partial charge in [-0.25, -0.2) is 4.79 Å². The monoisotopic (exact) mass is 452 g/mol. The van der Waals surface area contributed by atoms with Gasteiger partial charge in [0.2, 0.25) is 5.78 Å². The average molecular weight is 453 g/mol. The smallest absolute Gasteiger partial charge is 0.345 e. The number of benzene rings is 4. The van der Waals surface area contributed by atoms with Crippen LogP contribution in [0.4, 0.5) is 0 Å². The van der Waals surface area contributed by atoms with E-state index in [4.69, 9.17) is 14.2 Å². The van der Waals surface area contributed by atoms with Crippen LogP contribution >= 0.6 is 0 Å². The number of rotatable bonds is 10. The molecule has 4 aromatic rings. The van der Waals surface area contributed by atoms with Crippen molar-refractivity contribution in [2.45, 2.75) is 12.7 Å². The first-order chi connectivity index (χ1) is 16.7. The topological polar surface area (TPSA) is 61.8 Å². The molecule has 0 N–H and O–H groups in total. The fourth-order valence-corrected chi connectivity index (χ4v) is 3.34. The Bertz CT molecular complexity index is 1190. The Kier molecular flexibility index (Phi) is 7.70. The van der Waals surface area contributed by atoms with Crippen LogP contribution in [0.3, 0.4) is 0 Å². The number of hydrogen-bond donors (Lipinski definition) is 0. The fraction of sp³-hybridized carbons (Fsp3) is 0.103. The molecule has 5 nitrogen and oxygen atoms in total. The van der Waals surface area contributed by atoms with E-state index in [9.17, 15) is 9.59 Å². The highest BCUT2D eigenvalue weighted by molar-refractivity contribution is 6.01. The molecule has 0 aliphatic carbocycles. The predicted molar refractivity (Wildman–Crippen MR) is 129 cm³/mol. The molecule has 0 saturated carbocycles. The van der Waals surface area contributed by atoms with Gasteiger partial charge in [-0.05, 0) is 29.8 Å². The lowest BCUT2D eigenvalue weighted by atomic mass is 10.00. The second-order valence-corrected chi connectivity index (χ2v) is 7.55. The van der Waals surface area contributed by atoms with E-state index in [1.807, 2.05) is 42.5 Å². The zero-order valence-corrected chi connectivity index (χ0v) is 18.5. The van der Waals surface area contributed by atoms with Crippen molar-refractivity contribution in [2.24, 2.45) is 0 Å². The molecule has 0 aliphatic heterocycles. The van der Waals surface area contributed by atoms with Gasteiger partial charge in [0, 0.05) is 11.1 Å². The molecule has 0 spiro atoms. The molecule has 0 bridgehead atoms. The summed E-state index contributed by atoms with van der Waals surface area (Å²) in [4.78, 5) is 25.6. The first-order valence-electron chi connectivity index (χ1n) is 10.9. The van der Waals surface area contributed by atoms with E-state index in [1.165, 1.54) is 0 Å². The van der Waals surface area contributed by atoms with Crippen LogP contribution in [0.25, 0.3) is 0 Å². The highest BCUT2D eigenvalue weighted by Gasteiger charge is 2.26. The van der Waals surface area contributed by atoms with Crippen LogP contribution in [0.1, 0.15) is 27.6 Å². The highest BCUT2D eigenvalue weighted by Crippen LogP contribution is 2.23. The van der Waals surface area contributed by atoms with Crippen LogP contribution < -0.4 is 9.47 Å². The molecule has 4 rings (SSSR count). The van der Waals surface area contributed by atoms with Gasteiger partial charge >= 0.3 is 5.97 Å². The summed E-state index contributed by atoms with van der Waals surface area (Å²) in [5, 5.41) is 0. The molecule has 1 atom stereocenters. The van der Waals surface area contributed by atoms with Gasteiger partial charge in [0.15, 0.2) is 12.7 Å². The highest BCUT2D eigenvalue weighted by atomic mass is 16.6. The fourth-order valence-electron chi connectivity index (χ4n) is 3.34. The SMILES string of the molecule is O=C(COc1ccc(OCc2ccccc2)cc1)OC(C(=O)c1ccccc1)c1ccccc1. The van der Waals surface area contributed by atoms with Gasteiger partial charge in [-0.2, -0.15) is 0 Å². The third-order valence-electron chi connectivity index (χ3n) is 5.08. The summed E-state index contributed by atoms with van der Waals surface area (Å²) in [5.41, 5.74) is 2.14. The second-order valence-electron chi connectivity index (χ2n) is 7.55. The van der Waals surface area contributed by atoms with Crippen molar-refractivity contribution in [2.75, 3.05) is 6.61 Å². The van der Waals surface area contributed by atoms with Gasteiger partial charge in [-0.15, -0.1) is 0 Å². The minimum absolute atomic E-state index is 0.292. The number of hydrogen-bond acceptors (Lipinski definition) is 5. The lowest BCUT2D eigenvalue weighted by Gasteiger charge is -2.17. The maximum atomic E-state index is 13.0. The standard InChI is InChI=1S/C29H24O5/c30-27(21-33-26-18-16-25(17-19-26)32-20-22-10-4-1-5-11-22)34-29(24-14-8-3-9-15-24)28(31)23-12-6-2-7-13-23/h1-19,29H,20-21H2. The van der Waals surface area contributed by atoms with Gasteiger partial charge in [0.1, 0.15) is 18.1 Å². The lowest BCUT2D eigenvalue weighted by Crippen LogP contribution is -2.23. The van der Waals surface area contributed by atoms with Crippen molar-refractivity contribution in [1.29, 1.82) is 0 Å². The summed E-state index contributed by atoms with van der Waals surface area (Å²) in [6.45, 7) is 0.138. The number of esters is 1. The molecule has 170 valence electrons. The molecule has 5 heteroatoms. The molecule has 4 aromatic carbocycles. The Morgan fingerprint density at radius 1 is 0.618 bits per heavy atom. The average Bonchev–Trinajstić information content (AvgIpc) is 2.91. The van der Waals surface area contributed by atoms with Crippen LogP contribution in [0.15, 0.2) is 115 Å². The van der Waals surface area contributed by atoms with Crippen molar-refractivity contribution in [1.82, 2.24) is 0 Å². The van der Waals surface area contributed by atoms with Crippen molar-refractivity contribution in [3.63, 3.8) is 0 Å². The maximum Gasteiger partial charge on any atom is 0.345 e. The molecule has 0 aliphatic rings. The summed E-state index contributed by atoms with van der Waals surface area (Å²) in [6.07, 6.45) is -1.05. The first kappa shape index (κ1) is 22.8. The number of ether oxygens (including phenoxy) is 3. The van der Waals surface area contributed by atoms with Crippen LogP contribution in [0, 0.1) is 0 Å². The first-order valence-corrected chi connectivity index (χ1v) is 10.9. The van der Waals surface area contributed by atoms with Crippen molar-refractivity contribution >= 4 is 11.8 Å². The van der Waals surface area contributed by atoms with Crippen molar-refractivity contribution < 1.29 is 23.8 Å². The Morgan fingerprint density at radius 2 is 1.15 bits per heavy atom. The molecule has 0 fully saturated rings. The van der Waals surface area contributed by atoms with E-state index in [1.54, 1.807) is 72.8 Å². The Morgan fingerprint density at radius 3 is 1.76 bits per heavy atom. The Labute approximate surface area is 198 Å². The quantitative estimate of drug-likeness (QED) is 0.224. The number of carbonyl (C=O) groups excluding carboxylic acids is 2. The largest absolute Gasteiger partial charge is 0.489 e. The van der Waals surface area contributed by atoms with Crippen molar-refractivity contribution in [3.05, 3.63) is 132 Å². The minimum Gasteiger partial charge on any atom is -0.489 e. The summed E-state index contributed by atoms with van der Waals surface area (Å²) in [5.74, 6) is 0.258. The summed E-state index contributed by atoms with van der Waals surface area (Å²) in [7, 11) is 0. The van der Waals surface area contributed by atoms with Crippen LogP contribution in [-0.4, -0.2) is 18.4 Å². The van der Waals surface area contributed by atoms with Gasteiger partial charge in [0.05, 0.1) is 0 Å². The number of carbonyl (C=O) groups is 2. The molecule has 0 radical (unpaired) electrons. The van der Waals surface area contributed by atoms with Gasteiger partial charge in [0.25, 0.3) is 0 Å². The molecule has 0 aromatic heterocycles. The molecule has 34 heavy (non-hydrogen) atoms. The lowest BCUT2D eigenvalue weighted by molar-refractivity contribution is -0.149. The van der Waals surface area contributed by atoms with E-state index in [-0.39, 0.29) is 12.4 Å². The van der Waals surface area contributed by atoms with Crippen LogP contribution in [-0.2, 0) is 16.1 Å². The minimum atomic E-state index is -1.05. The number of Topliss-reactive ketones (excluding diaryl/α,β-unsaturated/α-hetero) is 1. The molecule has 1 unspecified atom stereocenters. The van der Waals surface area contributed by atoms with Crippen LogP contribution in [0.5, 0.6) is 11.5 Å². The number of ketones is 1. The van der Waals surface area contributed by atoms with E-state index >= 15 is 0 Å². The zero-order chi connectivity index (χ0) is 23.6. The summed E-state index contributed by atoms with van der Waals surface area (Å²) >= 11 is 0. The van der Waals surface area contributed by atoms with E-state index in [2.05, 4.69) is 0 Å². The van der Waals surface area contributed by atoms with E-state index < -0.39 is 12.1 Å². The zero-order valence-electron chi connectivity index (χ0n) is 18.5. The molecular formula is C29H24O5. The normalized spacial score (nSPS) is 11.3. The molecular weight excluding hydrogens is 428 g/mol. The Hall–Kier alpha value is -4.38. The summed E-state index contributed by atoms with van der Waals surface area (Å²) < 4.78 is 16.9. The van der Waals surface area contributed by atoms with E-state index in [0.717, 1.165) is 5.56 Å². The van der Waals surface area contributed by atoms with Gasteiger partial charge in [-0.1, -0.05) is 91.0 Å². The third kappa shape index (κ3) is 6.33. The summed E-state index contributed by atoms with van der Waals surface area (Å²) in [6, 6.07) is 34.6. The predicted octanol–water partition coefficient (Wildman–Crippen LogP) is 5.81. The maximum absolute atomic E-state index is 13.0. The second kappa shape index (κ2) is 11.5. The Balaban J connectivity index is 1.34. The van der Waals surface area contributed by atoms with Gasteiger partial charge < -0.3 is 14.2 Å². The molecule has 0 amide bonds. The third-order valence-corrected chi connectivity index (χ3v) is 5.08.